The molecule has 2 rings (SSSR count). The number of H-pyrrole nitrogens is 1. The van der Waals surface area contributed by atoms with Gasteiger partial charge < -0.3 is 4.74 Å². The first kappa shape index (κ1) is 10.4. The summed E-state index contributed by atoms with van der Waals surface area (Å²) < 4.78 is 5.12. The number of rotatable bonds is 3. The smallest absolute Gasteiger partial charge is 0.267 e. The zero-order chi connectivity index (χ0) is 11.4. The van der Waals surface area contributed by atoms with E-state index in [9.17, 15) is 4.79 Å². The Bertz CT molecular complexity index is 534. The number of hydrogen-bond donors (Lipinski definition) is 1. The molecule has 1 aromatic carbocycles. The monoisotopic (exact) mass is 216 g/mol. The van der Waals surface area contributed by atoms with E-state index in [2.05, 4.69) is 10.2 Å². The van der Waals surface area contributed by atoms with Crippen molar-refractivity contribution in [2.75, 3.05) is 7.11 Å². The van der Waals surface area contributed by atoms with E-state index in [0.29, 0.717) is 12.0 Å². The van der Waals surface area contributed by atoms with Crippen molar-refractivity contribution < 1.29 is 4.74 Å². The van der Waals surface area contributed by atoms with Crippen LogP contribution in [-0.2, 0) is 6.42 Å². The van der Waals surface area contributed by atoms with Crippen molar-refractivity contribution in [2.45, 2.75) is 6.42 Å². The van der Waals surface area contributed by atoms with Crippen molar-refractivity contribution in [1.29, 1.82) is 0 Å². The van der Waals surface area contributed by atoms with Crippen LogP contribution < -0.4 is 10.3 Å². The fourth-order valence-corrected chi connectivity index (χ4v) is 1.51. The molecule has 0 aliphatic heterocycles. The molecule has 0 atom stereocenters. The fourth-order valence-electron chi connectivity index (χ4n) is 1.51. The second-order valence-electron chi connectivity index (χ2n) is 3.44. The van der Waals surface area contributed by atoms with Crippen LogP contribution in [-0.4, -0.2) is 17.3 Å². The maximum Gasteiger partial charge on any atom is 0.267 e. The highest BCUT2D eigenvalue weighted by Crippen LogP contribution is 2.14. The summed E-state index contributed by atoms with van der Waals surface area (Å²) in [6.45, 7) is 0. The molecule has 1 N–H and O–H groups in total. The van der Waals surface area contributed by atoms with E-state index >= 15 is 0 Å². The van der Waals surface area contributed by atoms with Crippen LogP contribution in [0.25, 0.3) is 0 Å². The lowest BCUT2D eigenvalue weighted by atomic mass is 10.1. The molecule has 0 amide bonds. The summed E-state index contributed by atoms with van der Waals surface area (Å²) in [6.07, 6.45) is 2.16. The minimum absolute atomic E-state index is 0.148. The zero-order valence-electron chi connectivity index (χ0n) is 8.93. The Morgan fingerprint density at radius 2 is 2.25 bits per heavy atom. The van der Waals surface area contributed by atoms with Gasteiger partial charge in [-0.2, -0.15) is 5.10 Å². The third-order valence-electron chi connectivity index (χ3n) is 2.34. The zero-order valence-corrected chi connectivity index (χ0v) is 8.93. The maximum absolute atomic E-state index is 11.4. The number of aromatic amines is 1. The van der Waals surface area contributed by atoms with Crippen molar-refractivity contribution in [3.63, 3.8) is 0 Å². The Hall–Kier alpha value is -2.10. The molecule has 0 unspecified atom stereocenters. The van der Waals surface area contributed by atoms with Crippen LogP contribution in [0.2, 0.25) is 0 Å². The van der Waals surface area contributed by atoms with Gasteiger partial charge in [-0.1, -0.05) is 12.1 Å². The van der Waals surface area contributed by atoms with Gasteiger partial charge >= 0.3 is 0 Å². The van der Waals surface area contributed by atoms with Crippen LogP contribution in [0.5, 0.6) is 5.75 Å². The third kappa shape index (κ3) is 2.28. The number of nitrogens with zero attached hydrogens (tertiary/aromatic N) is 1. The van der Waals surface area contributed by atoms with Crippen LogP contribution in [0.1, 0.15) is 11.1 Å². The molecule has 0 fully saturated rings. The molecule has 1 heterocycles. The molecule has 4 nitrogen and oxygen atoms in total. The lowest BCUT2D eigenvalue weighted by Gasteiger charge is -2.03. The molecule has 1 aromatic heterocycles. The van der Waals surface area contributed by atoms with Gasteiger partial charge in [0, 0.05) is 18.2 Å². The second-order valence-corrected chi connectivity index (χ2v) is 3.44. The summed E-state index contributed by atoms with van der Waals surface area (Å²) >= 11 is 0. The van der Waals surface area contributed by atoms with Crippen molar-refractivity contribution in [3.05, 3.63) is 58.0 Å². The lowest BCUT2D eigenvalue weighted by Crippen LogP contribution is -2.13. The number of hydrogen-bond acceptors (Lipinski definition) is 3. The van der Waals surface area contributed by atoms with E-state index in [1.165, 1.54) is 0 Å². The van der Waals surface area contributed by atoms with Crippen molar-refractivity contribution >= 4 is 0 Å². The van der Waals surface area contributed by atoms with Crippen molar-refractivity contribution in [2.24, 2.45) is 0 Å². The van der Waals surface area contributed by atoms with Gasteiger partial charge in [0.1, 0.15) is 5.75 Å². The van der Waals surface area contributed by atoms with Gasteiger partial charge in [0.15, 0.2) is 0 Å². The topological polar surface area (TPSA) is 55.0 Å². The summed E-state index contributed by atoms with van der Waals surface area (Å²) in [5, 5.41) is 6.07. The SMILES string of the molecule is COc1cccc(Cc2ccn[nH]c2=O)c1. The van der Waals surface area contributed by atoms with Crippen LogP contribution in [0.15, 0.2) is 41.3 Å². The van der Waals surface area contributed by atoms with E-state index in [-0.39, 0.29) is 5.56 Å². The minimum atomic E-state index is -0.148. The normalized spacial score (nSPS) is 10.1. The molecule has 4 heteroatoms. The van der Waals surface area contributed by atoms with Crippen molar-refractivity contribution in [3.8, 4) is 5.75 Å². The standard InChI is InChI=1S/C12H12N2O2/c1-16-11-4-2-3-9(8-11)7-10-5-6-13-14-12(10)15/h2-6,8H,7H2,1H3,(H,14,15). The van der Waals surface area contributed by atoms with Crippen LogP contribution in [0, 0.1) is 0 Å². The quantitative estimate of drug-likeness (QED) is 0.843. The van der Waals surface area contributed by atoms with E-state index in [4.69, 9.17) is 4.74 Å². The van der Waals surface area contributed by atoms with E-state index < -0.39 is 0 Å². The van der Waals surface area contributed by atoms with Gasteiger partial charge in [-0.3, -0.25) is 4.79 Å². The molecule has 2 aromatic rings. The summed E-state index contributed by atoms with van der Waals surface area (Å²) in [5.41, 5.74) is 1.59. The molecule has 82 valence electrons. The Labute approximate surface area is 92.9 Å². The van der Waals surface area contributed by atoms with Gasteiger partial charge in [-0.15, -0.1) is 0 Å². The first-order valence-corrected chi connectivity index (χ1v) is 4.95. The van der Waals surface area contributed by atoms with Gasteiger partial charge in [-0.05, 0) is 23.8 Å². The van der Waals surface area contributed by atoms with E-state index in [1.807, 2.05) is 24.3 Å². The minimum Gasteiger partial charge on any atom is -0.497 e. The number of ether oxygens (including phenoxy) is 1. The molecule has 0 saturated carbocycles. The Morgan fingerprint density at radius 1 is 1.38 bits per heavy atom. The molecular weight excluding hydrogens is 204 g/mol. The summed E-state index contributed by atoms with van der Waals surface area (Å²) in [7, 11) is 1.62. The summed E-state index contributed by atoms with van der Waals surface area (Å²) in [6, 6.07) is 9.38. The fraction of sp³-hybridized carbons (Fsp3) is 0.167. The number of methoxy groups -OCH3 is 1. The number of nitrogens with one attached hydrogen (secondary N) is 1. The van der Waals surface area contributed by atoms with Gasteiger partial charge in [0.2, 0.25) is 0 Å². The first-order valence-electron chi connectivity index (χ1n) is 4.95. The molecule has 0 saturated heterocycles. The Balaban J connectivity index is 2.27. The summed E-state index contributed by atoms with van der Waals surface area (Å²) in [5.74, 6) is 0.794. The molecule has 0 aliphatic carbocycles. The maximum atomic E-state index is 11.4. The molecule has 16 heavy (non-hydrogen) atoms. The summed E-state index contributed by atoms with van der Waals surface area (Å²) in [4.78, 5) is 11.4. The number of benzene rings is 1. The van der Waals surface area contributed by atoms with Crippen LogP contribution >= 0.6 is 0 Å². The average molecular weight is 216 g/mol. The lowest BCUT2D eigenvalue weighted by molar-refractivity contribution is 0.414. The molecule has 0 aliphatic rings. The van der Waals surface area contributed by atoms with Crippen LogP contribution in [0.4, 0.5) is 0 Å². The van der Waals surface area contributed by atoms with Gasteiger partial charge in [-0.25, -0.2) is 5.10 Å². The first-order chi connectivity index (χ1) is 7.79. The van der Waals surface area contributed by atoms with Crippen LogP contribution in [0.3, 0.4) is 0 Å². The third-order valence-corrected chi connectivity index (χ3v) is 2.34. The highest BCUT2D eigenvalue weighted by atomic mass is 16.5. The molecular formula is C12H12N2O2. The van der Waals surface area contributed by atoms with Gasteiger partial charge in [0.05, 0.1) is 7.11 Å². The molecule has 0 bridgehead atoms. The Morgan fingerprint density at radius 3 is 3.00 bits per heavy atom. The highest BCUT2D eigenvalue weighted by molar-refractivity contribution is 5.31. The highest BCUT2D eigenvalue weighted by Gasteiger charge is 2.01. The average Bonchev–Trinajstić information content (AvgIpc) is 2.32. The number of aromatic nitrogens is 2. The Kier molecular flexibility index (Phi) is 3.00. The largest absolute Gasteiger partial charge is 0.497 e. The van der Waals surface area contributed by atoms with Gasteiger partial charge in [0.25, 0.3) is 5.56 Å². The van der Waals surface area contributed by atoms with E-state index in [1.54, 1.807) is 19.4 Å². The predicted molar refractivity (Wildman–Crippen MR) is 60.7 cm³/mol. The molecule has 0 radical (unpaired) electrons. The van der Waals surface area contributed by atoms with E-state index in [0.717, 1.165) is 11.3 Å². The predicted octanol–water partition coefficient (Wildman–Crippen LogP) is 1.37. The second kappa shape index (κ2) is 4.61. The van der Waals surface area contributed by atoms with Crippen molar-refractivity contribution in [1.82, 2.24) is 10.2 Å². The molecule has 0 spiro atoms.